The number of allylic oxidation sites excluding steroid dienone is 10. The average molecular weight is 796 g/mol. The van der Waals surface area contributed by atoms with Gasteiger partial charge in [-0.15, -0.1) is 0 Å². The molecule has 0 aliphatic carbocycles. The number of hydrogen-bond acceptors (Lipinski definition) is 10. The lowest BCUT2D eigenvalue weighted by atomic mass is 10.1. The maximum atomic E-state index is 12.5. The van der Waals surface area contributed by atoms with Gasteiger partial charge in [0.2, 0.25) is 0 Å². The molecule has 13 heteroatoms. The first-order chi connectivity index (χ1) is 26.5. The first-order valence-corrected chi connectivity index (χ1v) is 21.6. The van der Waals surface area contributed by atoms with Gasteiger partial charge >= 0.3 is 25.7 Å². The van der Waals surface area contributed by atoms with E-state index in [2.05, 4.69) is 30.5 Å². The maximum Gasteiger partial charge on any atom is 0.472 e. The fourth-order valence-electron chi connectivity index (χ4n) is 4.88. The Balaban J connectivity index is 4.58. The summed E-state index contributed by atoms with van der Waals surface area (Å²) < 4.78 is 32.5. The van der Waals surface area contributed by atoms with Crippen molar-refractivity contribution in [3.63, 3.8) is 0 Å². The highest BCUT2D eigenvalue weighted by Gasteiger charge is 2.28. The monoisotopic (exact) mass is 795 g/mol. The summed E-state index contributed by atoms with van der Waals surface area (Å²) in [5.41, 5.74) is 5.31. The van der Waals surface area contributed by atoms with Crippen molar-refractivity contribution in [2.75, 3.05) is 19.8 Å². The Bertz CT molecular complexity index is 1230. The van der Waals surface area contributed by atoms with Gasteiger partial charge < -0.3 is 30.3 Å². The molecule has 314 valence electrons. The van der Waals surface area contributed by atoms with Crippen LogP contribution in [0.2, 0.25) is 0 Å². The number of carboxylic acids is 1. The lowest BCUT2D eigenvalue weighted by Gasteiger charge is -2.20. The van der Waals surface area contributed by atoms with Gasteiger partial charge in [-0.1, -0.05) is 151 Å². The smallest absolute Gasteiger partial charge is 0.472 e. The van der Waals surface area contributed by atoms with E-state index < -0.39 is 63.8 Å². The molecule has 12 nitrogen and oxygen atoms in total. The third-order valence-electron chi connectivity index (χ3n) is 8.06. The number of unbranched alkanes of at least 4 members (excludes halogenated alkanes) is 10. The number of phosphoric ester groups is 1. The van der Waals surface area contributed by atoms with Crippen molar-refractivity contribution in [1.29, 1.82) is 0 Å². The van der Waals surface area contributed by atoms with Crippen molar-refractivity contribution in [3.05, 3.63) is 72.9 Å². The summed E-state index contributed by atoms with van der Waals surface area (Å²) in [4.78, 5) is 45.7. The van der Waals surface area contributed by atoms with Crippen LogP contribution in [0.3, 0.4) is 0 Å². The quantitative estimate of drug-likeness (QED) is 0.0155. The molecule has 0 aromatic carbocycles. The average Bonchev–Trinajstić information content (AvgIpc) is 3.15. The minimum absolute atomic E-state index is 0.0712. The molecule has 2 unspecified atom stereocenters. The van der Waals surface area contributed by atoms with Crippen LogP contribution in [0.1, 0.15) is 136 Å². The van der Waals surface area contributed by atoms with Gasteiger partial charge in [0.25, 0.3) is 0 Å². The van der Waals surface area contributed by atoms with Crippen LogP contribution >= 0.6 is 7.82 Å². The van der Waals surface area contributed by atoms with Gasteiger partial charge in [0.05, 0.1) is 19.3 Å². The van der Waals surface area contributed by atoms with Crippen molar-refractivity contribution < 1.29 is 52.6 Å². The lowest BCUT2D eigenvalue weighted by molar-refractivity contribution is -0.161. The van der Waals surface area contributed by atoms with Crippen molar-refractivity contribution in [1.82, 2.24) is 0 Å². The first-order valence-electron chi connectivity index (χ1n) is 20.1. The van der Waals surface area contributed by atoms with Crippen LogP contribution in [0, 0.1) is 0 Å². The van der Waals surface area contributed by atoms with Crippen LogP contribution in [-0.2, 0) is 37.5 Å². The molecule has 0 amide bonds. The van der Waals surface area contributed by atoms with Gasteiger partial charge in [-0.2, -0.15) is 0 Å². The summed E-state index contributed by atoms with van der Waals surface area (Å²) >= 11 is 0. The predicted octanol–water partition coefficient (Wildman–Crippen LogP) is 9.14. The minimum Gasteiger partial charge on any atom is -0.480 e. The molecule has 0 aromatic heterocycles. The number of esters is 2. The summed E-state index contributed by atoms with van der Waals surface area (Å²) in [5, 5.41) is 18.8. The second-order valence-electron chi connectivity index (χ2n) is 13.2. The van der Waals surface area contributed by atoms with E-state index in [9.17, 15) is 28.9 Å². The summed E-state index contributed by atoms with van der Waals surface area (Å²) in [7, 11) is -4.74. The Kier molecular flexibility index (Phi) is 34.4. The molecule has 0 spiro atoms. The number of nitrogens with two attached hydrogens (primary N) is 1. The van der Waals surface area contributed by atoms with E-state index in [0.717, 1.165) is 38.5 Å². The molecule has 55 heavy (non-hydrogen) atoms. The summed E-state index contributed by atoms with van der Waals surface area (Å²) in [5.74, 6) is -2.53. The molecular formula is C42H70NO11P. The first kappa shape index (κ1) is 51.9. The van der Waals surface area contributed by atoms with E-state index in [1.165, 1.54) is 44.9 Å². The standard InChI is InChI=1S/C42H70NO11P/c1-3-5-7-9-11-12-13-18-21-25-29-33-41(46)54-38(35-52-55(49,50)53-36-39(43)42(47)48)34-51-40(45)32-28-24-20-17-15-14-16-19-23-27-31-37(44)30-26-22-10-8-6-4-2/h6,8,14-15,19-20,22-24,26-27,31,37-39,44H,3-5,7,9-13,16-18,21,25,28-30,32-36,43H2,1-2H3,(H,47,48)(H,49,50)/b8-6-,15-14-,23-19-,24-20-,26-22-,31-27+/t37?,38-,39+/m1/s1. The van der Waals surface area contributed by atoms with E-state index in [0.29, 0.717) is 25.7 Å². The van der Waals surface area contributed by atoms with Crippen LogP contribution in [-0.4, -0.2) is 71.1 Å². The highest BCUT2D eigenvalue weighted by molar-refractivity contribution is 7.47. The molecule has 4 atom stereocenters. The maximum absolute atomic E-state index is 12.5. The summed E-state index contributed by atoms with van der Waals surface area (Å²) in [6.45, 7) is 2.50. The number of aliphatic carboxylic acids is 1. The van der Waals surface area contributed by atoms with Gasteiger partial charge in [0.1, 0.15) is 12.6 Å². The predicted molar refractivity (Wildman–Crippen MR) is 218 cm³/mol. The largest absolute Gasteiger partial charge is 0.480 e. The van der Waals surface area contributed by atoms with E-state index in [4.69, 9.17) is 24.8 Å². The van der Waals surface area contributed by atoms with Crippen molar-refractivity contribution >= 4 is 25.7 Å². The molecule has 0 heterocycles. The normalized spacial score (nSPS) is 15.1. The van der Waals surface area contributed by atoms with E-state index in [1.807, 2.05) is 54.7 Å². The molecule has 0 aliphatic rings. The van der Waals surface area contributed by atoms with E-state index >= 15 is 0 Å². The highest BCUT2D eigenvalue weighted by atomic mass is 31.2. The molecule has 0 aliphatic heterocycles. The zero-order valence-corrected chi connectivity index (χ0v) is 34.2. The topological polar surface area (TPSA) is 192 Å². The molecule has 0 bridgehead atoms. The van der Waals surface area contributed by atoms with Crippen molar-refractivity contribution in [2.45, 2.75) is 154 Å². The SMILES string of the molecule is CC/C=C\C/C=C\CC(O)/C=C/C=C\C/C=C\C/C=C\CCC(=O)OC[C@H](COP(=O)(O)OC[C@H](N)C(=O)O)OC(=O)CCCCCCCCCCCCC. The number of carbonyl (C=O) groups excluding carboxylic acids is 2. The van der Waals surface area contributed by atoms with Gasteiger partial charge in [0, 0.05) is 12.8 Å². The summed E-state index contributed by atoms with van der Waals surface area (Å²) in [6, 6.07) is -1.54. The number of ether oxygens (including phenoxy) is 2. The summed E-state index contributed by atoms with van der Waals surface area (Å²) in [6.07, 6.45) is 38.8. The van der Waals surface area contributed by atoms with E-state index in [-0.39, 0.29) is 12.8 Å². The van der Waals surface area contributed by atoms with Crippen LogP contribution in [0.4, 0.5) is 0 Å². The number of aliphatic hydroxyl groups is 1. The third-order valence-corrected chi connectivity index (χ3v) is 9.01. The zero-order chi connectivity index (χ0) is 40.8. The number of carbonyl (C=O) groups is 3. The highest BCUT2D eigenvalue weighted by Crippen LogP contribution is 2.43. The Morgan fingerprint density at radius 3 is 1.87 bits per heavy atom. The second-order valence-corrected chi connectivity index (χ2v) is 14.7. The van der Waals surface area contributed by atoms with Crippen LogP contribution in [0.5, 0.6) is 0 Å². The van der Waals surface area contributed by atoms with Crippen LogP contribution < -0.4 is 5.73 Å². The Labute approximate surface area is 330 Å². The molecule has 0 radical (unpaired) electrons. The second kappa shape index (κ2) is 36.5. The van der Waals surface area contributed by atoms with Crippen molar-refractivity contribution in [2.24, 2.45) is 5.73 Å². The fraction of sp³-hybridized carbons (Fsp3) is 0.643. The van der Waals surface area contributed by atoms with E-state index in [1.54, 1.807) is 6.08 Å². The van der Waals surface area contributed by atoms with Gasteiger partial charge in [-0.05, 0) is 44.9 Å². The molecular weight excluding hydrogens is 725 g/mol. The molecule has 0 rings (SSSR count). The number of phosphoric acid groups is 1. The molecule has 0 aromatic rings. The lowest BCUT2D eigenvalue weighted by Crippen LogP contribution is -2.34. The zero-order valence-electron chi connectivity index (χ0n) is 33.3. The van der Waals surface area contributed by atoms with Crippen LogP contribution in [0.25, 0.3) is 0 Å². The third kappa shape index (κ3) is 36.3. The molecule has 0 saturated heterocycles. The molecule has 0 fully saturated rings. The number of aliphatic hydroxyl groups excluding tert-OH is 1. The van der Waals surface area contributed by atoms with Gasteiger partial charge in [0.15, 0.2) is 6.10 Å². The molecule has 5 N–H and O–H groups in total. The number of carboxylic acid groups (broad SMARTS) is 1. The van der Waals surface area contributed by atoms with Crippen LogP contribution in [0.15, 0.2) is 72.9 Å². The molecule has 0 saturated carbocycles. The van der Waals surface area contributed by atoms with Gasteiger partial charge in [-0.3, -0.25) is 23.4 Å². The van der Waals surface area contributed by atoms with Crippen molar-refractivity contribution in [3.8, 4) is 0 Å². The Morgan fingerprint density at radius 1 is 0.673 bits per heavy atom. The fourth-order valence-corrected chi connectivity index (χ4v) is 5.66. The minimum atomic E-state index is -4.74. The van der Waals surface area contributed by atoms with Gasteiger partial charge in [-0.25, -0.2) is 4.57 Å². The number of rotatable bonds is 36. The Morgan fingerprint density at radius 2 is 1.24 bits per heavy atom. The number of hydrogen-bond donors (Lipinski definition) is 4. The Hall–Kier alpha value is -3.12.